The molecule has 1 aromatic carbocycles. The van der Waals surface area contributed by atoms with E-state index in [1.54, 1.807) is 0 Å². The van der Waals surface area contributed by atoms with E-state index in [1.807, 2.05) is 45.9 Å². The van der Waals surface area contributed by atoms with Crippen molar-refractivity contribution in [2.75, 3.05) is 17.2 Å². The summed E-state index contributed by atoms with van der Waals surface area (Å²) in [7, 11) is 0. The molecule has 0 spiro atoms. The minimum absolute atomic E-state index is 0.0439. The Hall–Kier alpha value is -1.82. The lowest BCUT2D eigenvalue weighted by molar-refractivity contribution is -0.136. The fourth-order valence-corrected chi connectivity index (χ4v) is 3.05. The number of nitrogens with zero attached hydrogens (tertiary/aromatic N) is 1. The highest BCUT2D eigenvalue weighted by Gasteiger charge is 2.23. The second-order valence-electron chi connectivity index (χ2n) is 5.53. The van der Waals surface area contributed by atoms with Crippen molar-refractivity contribution in [3.8, 4) is 0 Å². The molecular weight excluding hydrogens is 314 g/mol. The van der Waals surface area contributed by atoms with Gasteiger partial charge in [-0.15, -0.1) is 0 Å². The van der Waals surface area contributed by atoms with E-state index in [4.69, 9.17) is 5.11 Å². The fourth-order valence-electron chi connectivity index (χ4n) is 2.18. The van der Waals surface area contributed by atoms with Crippen molar-refractivity contribution in [3.63, 3.8) is 0 Å². The van der Waals surface area contributed by atoms with Gasteiger partial charge in [0.05, 0.1) is 11.4 Å². The van der Waals surface area contributed by atoms with E-state index in [-0.39, 0.29) is 22.7 Å². The second-order valence-corrected chi connectivity index (χ2v) is 6.51. The molecule has 0 radical (unpaired) electrons. The highest BCUT2D eigenvalue weighted by Crippen LogP contribution is 2.25. The van der Waals surface area contributed by atoms with Gasteiger partial charge in [-0.3, -0.25) is 19.3 Å². The van der Waals surface area contributed by atoms with Crippen LogP contribution in [0, 0.1) is 19.8 Å². The predicted octanol–water partition coefficient (Wildman–Crippen LogP) is 3.03. The summed E-state index contributed by atoms with van der Waals surface area (Å²) in [4.78, 5) is 36.7. The fraction of sp³-hybridized carbons (Fsp3) is 0.471. The number of benzene rings is 1. The average Bonchev–Trinajstić information content (AvgIpc) is 2.49. The van der Waals surface area contributed by atoms with Crippen LogP contribution in [0.3, 0.4) is 0 Å². The van der Waals surface area contributed by atoms with Crippen molar-refractivity contribution < 1.29 is 19.5 Å². The number of thioether (sulfide) groups is 1. The molecule has 6 heteroatoms. The Balaban J connectivity index is 2.96. The monoisotopic (exact) mass is 337 g/mol. The molecule has 0 fully saturated rings. The highest BCUT2D eigenvalue weighted by molar-refractivity contribution is 8.14. The number of carboxylic acids is 1. The Morgan fingerprint density at radius 1 is 1.22 bits per heavy atom. The number of amides is 1. The van der Waals surface area contributed by atoms with Gasteiger partial charge >= 0.3 is 5.97 Å². The molecule has 1 amide bonds. The average molecular weight is 337 g/mol. The van der Waals surface area contributed by atoms with Crippen molar-refractivity contribution in [1.82, 2.24) is 0 Å². The maximum Gasteiger partial charge on any atom is 0.323 e. The Bertz CT molecular complexity index is 580. The lowest BCUT2D eigenvalue weighted by Crippen LogP contribution is -2.38. The number of aryl methyl sites for hydroxylation is 2. The summed E-state index contributed by atoms with van der Waals surface area (Å²) in [6.07, 6.45) is 0.718. The quantitative estimate of drug-likeness (QED) is 0.828. The van der Waals surface area contributed by atoms with Gasteiger partial charge in [-0.05, 0) is 31.4 Å². The lowest BCUT2D eigenvalue weighted by Gasteiger charge is -2.24. The van der Waals surface area contributed by atoms with Crippen LogP contribution >= 0.6 is 11.8 Å². The molecular formula is C17H23NO4S. The summed E-state index contributed by atoms with van der Waals surface area (Å²) in [6, 6.07) is 5.53. The molecule has 0 aliphatic carbocycles. The highest BCUT2D eigenvalue weighted by atomic mass is 32.2. The first kappa shape index (κ1) is 19.2. The summed E-state index contributed by atoms with van der Waals surface area (Å²) < 4.78 is 0. The summed E-state index contributed by atoms with van der Waals surface area (Å²) in [5.74, 6) is -1.61. The molecule has 0 aliphatic heterocycles. The molecule has 5 nitrogen and oxygen atoms in total. The number of aliphatic carboxylic acids is 1. The van der Waals surface area contributed by atoms with E-state index in [9.17, 15) is 14.4 Å². The van der Waals surface area contributed by atoms with Gasteiger partial charge in [-0.1, -0.05) is 43.8 Å². The third-order valence-corrected chi connectivity index (χ3v) is 4.73. The Kier molecular flexibility index (Phi) is 7.29. The molecule has 1 rings (SSSR count). The molecule has 0 saturated heterocycles. The maximum atomic E-state index is 12.5. The molecule has 1 aromatic rings. The van der Waals surface area contributed by atoms with E-state index in [0.29, 0.717) is 5.69 Å². The lowest BCUT2D eigenvalue weighted by atomic mass is 10.1. The van der Waals surface area contributed by atoms with Crippen LogP contribution in [0.1, 0.15) is 31.4 Å². The maximum absolute atomic E-state index is 12.5. The Morgan fingerprint density at radius 3 is 2.26 bits per heavy atom. The minimum Gasteiger partial charge on any atom is -0.480 e. The summed E-state index contributed by atoms with van der Waals surface area (Å²) in [5.41, 5.74) is 2.27. The standard InChI is InChI=1S/C17H23NO4S/c1-5-11(2)17(22)23-10-14(19)18(9-15(20)21)16-12(3)7-6-8-13(16)4/h6-8,11H,5,9-10H2,1-4H3,(H,20,21). The topological polar surface area (TPSA) is 74.7 Å². The SMILES string of the molecule is CCC(C)C(=O)SCC(=O)N(CC(=O)O)c1c(C)cccc1C. The summed E-state index contributed by atoms with van der Waals surface area (Å²) >= 11 is 0.956. The third kappa shape index (κ3) is 5.39. The number of carbonyl (C=O) groups is 3. The number of para-hydroxylation sites is 1. The van der Waals surface area contributed by atoms with Gasteiger partial charge < -0.3 is 5.11 Å². The summed E-state index contributed by atoms with van der Waals surface area (Å²) in [5, 5.41) is 9.07. The first-order chi connectivity index (χ1) is 10.8. The molecule has 0 saturated carbocycles. The van der Waals surface area contributed by atoms with Gasteiger partial charge in [0, 0.05) is 5.92 Å². The second kappa shape index (κ2) is 8.72. The Morgan fingerprint density at radius 2 is 1.78 bits per heavy atom. The molecule has 23 heavy (non-hydrogen) atoms. The molecule has 0 heterocycles. The van der Waals surface area contributed by atoms with Gasteiger partial charge in [0.1, 0.15) is 6.54 Å². The van der Waals surface area contributed by atoms with Crippen molar-refractivity contribution in [2.24, 2.45) is 5.92 Å². The molecule has 1 unspecified atom stereocenters. The van der Waals surface area contributed by atoms with Crippen LogP contribution in [-0.4, -0.2) is 34.4 Å². The van der Waals surface area contributed by atoms with Crippen molar-refractivity contribution in [1.29, 1.82) is 0 Å². The molecule has 126 valence electrons. The van der Waals surface area contributed by atoms with Gasteiger partial charge in [0.25, 0.3) is 0 Å². The molecule has 0 aromatic heterocycles. The van der Waals surface area contributed by atoms with Crippen LogP contribution in [0.5, 0.6) is 0 Å². The molecule has 1 N–H and O–H groups in total. The van der Waals surface area contributed by atoms with Gasteiger partial charge in [0.2, 0.25) is 5.91 Å². The van der Waals surface area contributed by atoms with Gasteiger partial charge in [-0.2, -0.15) is 0 Å². The van der Waals surface area contributed by atoms with Crippen LogP contribution in [0.4, 0.5) is 5.69 Å². The van der Waals surface area contributed by atoms with Crippen molar-refractivity contribution in [2.45, 2.75) is 34.1 Å². The zero-order valence-corrected chi connectivity index (χ0v) is 14.8. The number of hydrogen-bond donors (Lipinski definition) is 1. The van der Waals surface area contributed by atoms with E-state index in [1.165, 1.54) is 4.90 Å². The number of hydrogen-bond acceptors (Lipinski definition) is 4. The summed E-state index contributed by atoms with van der Waals surface area (Å²) in [6.45, 7) is 6.99. The smallest absolute Gasteiger partial charge is 0.323 e. The number of rotatable bonds is 7. The molecule has 0 aliphatic rings. The molecule has 0 bridgehead atoms. The van der Waals surface area contributed by atoms with Crippen LogP contribution in [0.25, 0.3) is 0 Å². The zero-order valence-electron chi connectivity index (χ0n) is 14.0. The Labute approximate surface area is 141 Å². The van der Waals surface area contributed by atoms with E-state index >= 15 is 0 Å². The molecule has 1 atom stereocenters. The van der Waals surface area contributed by atoms with Crippen LogP contribution < -0.4 is 4.90 Å². The number of carbonyl (C=O) groups excluding carboxylic acids is 2. The largest absolute Gasteiger partial charge is 0.480 e. The van der Waals surface area contributed by atoms with Crippen molar-refractivity contribution in [3.05, 3.63) is 29.3 Å². The van der Waals surface area contributed by atoms with E-state index in [0.717, 1.165) is 29.3 Å². The van der Waals surface area contributed by atoms with Crippen LogP contribution in [-0.2, 0) is 14.4 Å². The first-order valence-electron chi connectivity index (χ1n) is 7.52. The van der Waals surface area contributed by atoms with Gasteiger partial charge in [0.15, 0.2) is 5.12 Å². The minimum atomic E-state index is -1.08. The normalized spacial score (nSPS) is 11.8. The number of anilines is 1. The van der Waals surface area contributed by atoms with Crippen LogP contribution in [0.2, 0.25) is 0 Å². The van der Waals surface area contributed by atoms with E-state index in [2.05, 4.69) is 0 Å². The third-order valence-electron chi connectivity index (χ3n) is 3.66. The zero-order chi connectivity index (χ0) is 17.6. The first-order valence-corrected chi connectivity index (χ1v) is 8.51. The van der Waals surface area contributed by atoms with E-state index < -0.39 is 12.5 Å². The van der Waals surface area contributed by atoms with Crippen LogP contribution in [0.15, 0.2) is 18.2 Å². The van der Waals surface area contributed by atoms with Gasteiger partial charge in [-0.25, -0.2) is 0 Å². The van der Waals surface area contributed by atoms with Crippen molar-refractivity contribution >= 4 is 34.4 Å². The number of carboxylic acid groups (broad SMARTS) is 1. The predicted molar refractivity (Wildman–Crippen MR) is 92.8 cm³/mol.